The predicted octanol–water partition coefficient (Wildman–Crippen LogP) is 3.48. The number of rotatable bonds is 2. The van der Waals surface area contributed by atoms with Gasteiger partial charge in [-0.25, -0.2) is 4.68 Å². The molecule has 0 aliphatic heterocycles. The minimum atomic E-state index is -0.0812. The van der Waals surface area contributed by atoms with Crippen molar-refractivity contribution in [3.8, 4) is 34.5 Å². The molecule has 1 aromatic heterocycles. The first-order valence-corrected chi connectivity index (χ1v) is 6.75. The summed E-state index contributed by atoms with van der Waals surface area (Å²) in [6, 6.07) is 13.1. The van der Waals surface area contributed by atoms with Crippen molar-refractivity contribution < 1.29 is 10.2 Å². The van der Waals surface area contributed by atoms with Crippen LogP contribution in [-0.4, -0.2) is 20.0 Å². The first-order chi connectivity index (χ1) is 10.6. The van der Waals surface area contributed by atoms with E-state index < -0.39 is 0 Å². The predicted molar refractivity (Wildman–Crippen MR) is 82.1 cm³/mol. The molecule has 0 spiro atoms. The third-order valence-corrected chi connectivity index (χ3v) is 3.55. The second-order valence-electron chi connectivity index (χ2n) is 4.58. The first kappa shape index (κ1) is 14.0. The number of aromatic hydroxyl groups is 2. The summed E-state index contributed by atoms with van der Waals surface area (Å²) in [7, 11) is 0. The van der Waals surface area contributed by atoms with E-state index in [0.29, 0.717) is 27.5 Å². The Morgan fingerprint density at radius 1 is 1.14 bits per heavy atom. The van der Waals surface area contributed by atoms with Crippen LogP contribution in [0.15, 0.2) is 48.7 Å². The summed E-state index contributed by atoms with van der Waals surface area (Å²) in [6.07, 6.45) is 1.56. The molecule has 0 unspecified atom stereocenters. The molecule has 0 saturated heterocycles. The summed E-state index contributed by atoms with van der Waals surface area (Å²) in [4.78, 5) is 0. The quantitative estimate of drug-likeness (QED) is 0.759. The molecule has 3 aromatic rings. The van der Waals surface area contributed by atoms with Crippen LogP contribution in [0, 0.1) is 11.3 Å². The molecular formula is C16H10ClN3O2. The van der Waals surface area contributed by atoms with E-state index in [1.54, 1.807) is 36.5 Å². The van der Waals surface area contributed by atoms with Crippen molar-refractivity contribution in [2.45, 2.75) is 0 Å². The molecule has 0 aliphatic carbocycles. The maximum Gasteiger partial charge on any atom is 0.128 e. The van der Waals surface area contributed by atoms with E-state index in [1.165, 1.54) is 16.8 Å². The van der Waals surface area contributed by atoms with Gasteiger partial charge < -0.3 is 10.2 Å². The molecule has 0 bridgehead atoms. The second-order valence-corrected chi connectivity index (χ2v) is 4.98. The molecule has 0 aliphatic rings. The van der Waals surface area contributed by atoms with Crippen LogP contribution in [0.1, 0.15) is 5.56 Å². The number of hydrogen-bond acceptors (Lipinski definition) is 4. The average molecular weight is 312 g/mol. The monoisotopic (exact) mass is 311 g/mol. The van der Waals surface area contributed by atoms with Crippen LogP contribution in [0.4, 0.5) is 0 Å². The molecule has 0 atom stereocenters. The summed E-state index contributed by atoms with van der Waals surface area (Å²) in [6.45, 7) is 0. The molecule has 0 fully saturated rings. The lowest BCUT2D eigenvalue weighted by molar-refractivity contribution is 0.451. The number of nitriles is 1. The number of aromatic nitrogens is 2. The molecule has 5 nitrogen and oxygen atoms in total. The summed E-state index contributed by atoms with van der Waals surface area (Å²) >= 11 is 6.05. The van der Waals surface area contributed by atoms with Crippen molar-refractivity contribution >= 4 is 11.6 Å². The smallest absolute Gasteiger partial charge is 0.128 e. The van der Waals surface area contributed by atoms with Gasteiger partial charge in [-0.15, -0.1) is 0 Å². The highest BCUT2D eigenvalue weighted by molar-refractivity contribution is 6.32. The second kappa shape index (κ2) is 5.43. The van der Waals surface area contributed by atoms with Gasteiger partial charge in [-0.2, -0.15) is 10.4 Å². The zero-order valence-corrected chi connectivity index (χ0v) is 12.0. The van der Waals surface area contributed by atoms with Crippen molar-refractivity contribution in [1.29, 1.82) is 5.26 Å². The van der Waals surface area contributed by atoms with Gasteiger partial charge in [0.25, 0.3) is 0 Å². The molecule has 6 heteroatoms. The molecule has 0 amide bonds. The van der Waals surface area contributed by atoms with Gasteiger partial charge in [-0.1, -0.05) is 17.7 Å². The van der Waals surface area contributed by atoms with Crippen LogP contribution >= 0.6 is 11.6 Å². The molecular weight excluding hydrogens is 302 g/mol. The number of halogens is 1. The average Bonchev–Trinajstić information content (AvgIpc) is 2.96. The largest absolute Gasteiger partial charge is 0.508 e. The van der Waals surface area contributed by atoms with Crippen LogP contribution < -0.4 is 0 Å². The maximum atomic E-state index is 10.0. The van der Waals surface area contributed by atoms with Crippen LogP contribution in [0.5, 0.6) is 11.5 Å². The summed E-state index contributed by atoms with van der Waals surface area (Å²) < 4.78 is 1.52. The zero-order valence-electron chi connectivity index (χ0n) is 11.2. The highest BCUT2D eigenvalue weighted by Gasteiger charge is 2.15. The van der Waals surface area contributed by atoms with Gasteiger partial charge in [0.1, 0.15) is 17.6 Å². The van der Waals surface area contributed by atoms with Gasteiger partial charge in [0.05, 0.1) is 28.2 Å². The van der Waals surface area contributed by atoms with Crippen LogP contribution in [0.25, 0.3) is 16.9 Å². The van der Waals surface area contributed by atoms with E-state index in [1.807, 2.05) is 0 Å². The van der Waals surface area contributed by atoms with Crippen molar-refractivity contribution in [3.05, 3.63) is 59.2 Å². The van der Waals surface area contributed by atoms with E-state index in [9.17, 15) is 15.5 Å². The maximum absolute atomic E-state index is 10.0. The molecule has 0 radical (unpaired) electrons. The Balaban J connectivity index is 2.23. The minimum absolute atomic E-state index is 0.0345. The Hall–Kier alpha value is -2.97. The highest BCUT2D eigenvalue weighted by Crippen LogP contribution is 2.34. The lowest BCUT2D eigenvalue weighted by atomic mass is 10.1. The Kier molecular flexibility index (Phi) is 3.45. The number of hydrogen-bond donors (Lipinski definition) is 2. The number of phenols is 2. The van der Waals surface area contributed by atoms with Gasteiger partial charge in [-0.05, 0) is 30.3 Å². The highest BCUT2D eigenvalue weighted by atomic mass is 35.5. The summed E-state index contributed by atoms with van der Waals surface area (Å²) in [5, 5.41) is 33.3. The number of benzene rings is 2. The minimum Gasteiger partial charge on any atom is -0.508 e. The molecule has 1 heterocycles. The first-order valence-electron chi connectivity index (χ1n) is 6.37. The normalized spacial score (nSPS) is 10.4. The Bertz CT molecular complexity index is 897. The van der Waals surface area contributed by atoms with E-state index >= 15 is 0 Å². The third kappa shape index (κ3) is 2.26. The third-order valence-electron chi connectivity index (χ3n) is 3.23. The molecule has 2 N–H and O–H groups in total. The Morgan fingerprint density at radius 2 is 1.95 bits per heavy atom. The van der Waals surface area contributed by atoms with E-state index in [2.05, 4.69) is 11.2 Å². The van der Waals surface area contributed by atoms with Crippen molar-refractivity contribution in [2.75, 3.05) is 0 Å². The zero-order chi connectivity index (χ0) is 15.7. The molecule has 3 rings (SSSR count). The van der Waals surface area contributed by atoms with Crippen molar-refractivity contribution in [1.82, 2.24) is 9.78 Å². The SMILES string of the molecule is N#Cc1c(Cl)cccc1-n1nccc1-c1ccc(O)cc1O. The van der Waals surface area contributed by atoms with Gasteiger partial charge in [0, 0.05) is 11.6 Å². The van der Waals surface area contributed by atoms with Crippen molar-refractivity contribution in [2.24, 2.45) is 0 Å². The fourth-order valence-electron chi connectivity index (χ4n) is 2.24. The lowest BCUT2D eigenvalue weighted by Crippen LogP contribution is -2.02. The topological polar surface area (TPSA) is 82.1 Å². The summed E-state index contributed by atoms with van der Waals surface area (Å²) in [5.41, 5.74) is 1.88. The standard InChI is InChI=1S/C16H10ClN3O2/c17-13-2-1-3-14(12(13)9-18)20-15(6-7-19-20)11-5-4-10(21)8-16(11)22/h1-8,21-22H. The molecule has 108 valence electrons. The van der Waals surface area contributed by atoms with Crippen LogP contribution in [0.2, 0.25) is 5.02 Å². The van der Waals surface area contributed by atoms with Crippen LogP contribution in [-0.2, 0) is 0 Å². The number of nitrogens with zero attached hydrogens (tertiary/aromatic N) is 3. The fourth-order valence-corrected chi connectivity index (χ4v) is 2.45. The van der Waals surface area contributed by atoms with Gasteiger partial charge in [0.2, 0.25) is 0 Å². The Morgan fingerprint density at radius 3 is 2.68 bits per heavy atom. The van der Waals surface area contributed by atoms with E-state index in [4.69, 9.17) is 11.6 Å². The summed E-state index contributed by atoms with van der Waals surface area (Å²) in [5.74, 6) is -0.116. The Labute approximate surface area is 131 Å². The molecule has 0 saturated carbocycles. The van der Waals surface area contributed by atoms with Gasteiger partial charge in [0.15, 0.2) is 0 Å². The molecule has 22 heavy (non-hydrogen) atoms. The van der Waals surface area contributed by atoms with Crippen LogP contribution in [0.3, 0.4) is 0 Å². The fraction of sp³-hybridized carbons (Fsp3) is 0. The van der Waals surface area contributed by atoms with E-state index in [-0.39, 0.29) is 11.5 Å². The number of phenolic OH excluding ortho intramolecular Hbond substituents is 2. The van der Waals surface area contributed by atoms with Gasteiger partial charge >= 0.3 is 0 Å². The lowest BCUT2D eigenvalue weighted by Gasteiger charge is -2.11. The molecule has 2 aromatic carbocycles. The van der Waals surface area contributed by atoms with E-state index in [0.717, 1.165) is 0 Å². The van der Waals surface area contributed by atoms with Gasteiger partial charge in [-0.3, -0.25) is 0 Å². The van der Waals surface area contributed by atoms with Crippen molar-refractivity contribution in [3.63, 3.8) is 0 Å².